The van der Waals surface area contributed by atoms with E-state index in [0.717, 1.165) is 11.3 Å². The third-order valence-electron chi connectivity index (χ3n) is 2.56. The Labute approximate surface area is 111 Å². The number of hydrogen-bond acceptors (Lipinski definition) is 3. The first-order chi connectivity index (χ1) is 8.69. The van der Waals surface area contributed by atoms with Gasteiger partial charge in [0, 0.05) is 23.3 Å². The summed E-state index contributed by atoms with van der Waals surface area (Å²) in [5.41, 5.74) is 1.91. The van der Waals surface area contributed by atoms with Crippen LogP contribution in [0.4, 0.5) is 5.69 Å². The van der Waals surface area contributed by atoms with Gasteiger partial charge in [-0.25, -0.2) is 0 Å². The second-order valence-electron chi connectivity index (χ2n) is 3.87. The number of aromatic hydroxyl groups is 1. The maximum Gasteiger partial charge on any atom is 0.160 e. The van der Waals surface area contributed by atoms with Crippen LogP contribution >= 0.6 is 11.6 Å². The molecule has 0 bridgehead atoms. The second kappa shape index (κ2) is 5.65. The third-order valence-corrected chi connectivity index (χ3v) is 2.80. The summed E-state index contributed by atoms with van der Waals surface area (Å²) >= 11 is 5.91. The quantitative estimate of drug-likeness (QED) is 0.884. The lowest BCUT2D eigenvalue weighted by Gasteiger charge is -2.09. The Morgan fingerprint density at radius 2 is 2.06 bits per heavy atom. The fourth-order valence-electron chi connectivity index (χ4n) is 1.65. The van der Waals surface area contributed by atoms with Crippen molar-refractivity contribution >= 4 is 17.3 Å². The monoisotopic (exact) mass is 263 g/mol. The van der Waals surface area contributed by atoms with E-state index in [2.05, 4.69) is 5.32 Å². The zero-order chi connectivity index (χ0) is 13.0. The van der Waals surface area contributed by atoms with Gasteiger partial charge < -0.3 is 15.2 Å². The van der Waals surface area contributed by atoms with E-state index >= 15 is 0 Å². The normalized spacial score (nSPS) is 10.1. The van der Waals surface area contributed by atoms with Crippen molar-refractivity contribution in [2.75, 3.05) is 12.4 Å². The third kappa shape index (κ3) is 3.08. The van der Waals surface area contributed by atoms with E-state index < -0.39 is 0 Å². The van der Waals surface area contributed by atoms with Crippen LogP contribution in [0.3, 0.4) is 0 Å². The summed E-state index contributed by atoms with van der Waals surface area (Å²) < 4.78 is 4.98. The number of hydrogen-bond donors (Lipinski definition) is 2. The minimum absolute atomic E-state index is 0.119. The minimum atomic E-state index is 0.119. The maximum absolute atomic E-state index is 9.65. The number of phenolic OH excluding ortho intramolecular Hbond substituents is 1. The topological polar surface area (TPSA) is 41.5 Å². The maximum atomic E-state index is 9.65. The molecular weight excluding hydrogens is 250 g/mol. The molecule has 0 aliphatic heterocycles. The van der Waals surface area contributed by atoms with Crippen molar-refractivity contribution in [1.29, 1.82) is 0 Å². The highest BCUT2D eigenvalue weighted by Gasteiger charge is 2.02. The molecule has 4 heteroatoms. The Kier molecular flexibility index (Phi) is 3.95. The highest BCUT2D eigenvalue weighted by Crippen LogP contribution is 2.28. The van der Waals surface area contributed by atoms with E-state index in [9.17, 15) is 5.11 Å². The Bertz CT molecular complexity index is 543. The molecule has 94 valence electrons. The van der Waals surface area contributed by atoms with Crippen LogP contribution in [0.1, 0.15) is 5.56 Å². The molecule has 2 N–H and O–H groups in total. The number of anilines is 1. The lowest BCUT2D eigenvalue weighted by Crippen LogP contribution is -1.99. The van der Waals surface area contributed by atoms with Crippen molar-refractivity contribution in [2.45, 2.75) is 6.54 Å². The van der Waals surface area contributed by atoms with E-state index in [1.165, 1.54) is 7.11 Å². The molecule has 0 spiro atoms. The second-order valence-corrected chi connectivity index (χ2v) is 4.31. The highest BCUT2D eigenvalue weighted by molar-refractivity contribution is 6.30. The van der Waals surface area contributed by atoms with Crippen LogP contribution in [0.15, 0.2) is 42.5 Å². The predicted octanol–water partition coefficient (Wildman–Crippen LogP) is 3.67. The average Bonchev–Trinajstić information content (AvgIpc) is 2.37. The molecule has 0 heterocycles. The lowest BCUT2D eigenvalue weighted by molar-refractivity contribution is 0.373. The Balaban J connectivity index is 2.04. The lowest BCUT2D eigenvalue weighted by atomic mass is 10.2. The van der Waals surface area contributed by atoms with Gasteiger partial charge in [0.15, 0.2) is 11.5 Å². The van der Waals surface area contributed by atoms with Gasteiger partial charge in [0.05, 0.1) is 7.11 Å². The van der Waals surface area contributed by atoms with Gasteiger partial charge >= 0.3 is 0 Å². The van der Waals surface area contributed by atoms with Crippen molar-refractivity contribution in [2.24, 2.45) is 0 Å². The number of methoxy groups -OCH3 is 1. The molecule has 18 heavy (non-hydrogen) atoms. The smallest absolute Gasteiger partial charge is 0.160 e. The summed E-state index contributed by atoms with van der Waals surface area (Å²) in [4.78, 5) is 0. The fraction of sp³-hybridized carbons (Fsp3) is 0.143. The van der Waals surface area contributed by atoms with E-state index in [1.54, 1.807) is 12.1 Å². The van der Waals surface area contributed by atoms with Crippen LogP contribution in [0.2, 0.25) is 5.02 Å². The highest BCUT2D eigenvalue weighted by atomic mass is 35.5. The molecule has 0 aromatic heterocycles. The van der Waals surface area contributed by atoms with Crippen molar-refractivity contribution in [1.82, 2.24) is 0 Å². The molecular formula is C14H14ClNO2. The Hall–Kier alpha value is -1.87. The van der Waals surface area contributed by atoms with Crippen LogP contribution in [-0.2, 0) is 6.54 Å². The summed E-state index contributed by atoms with van der Waals surface area (Å²) in [5.74, 6) is 0.580. The average molecular weight is 264 g/mol. The zero-order valence-electron chi connectivity index (χ0n) is 9.98. The molecule has 0 aliphatic carbocycles. The first kappa shape index (κ1) is 12.6. The minimum Gasteiger partial charge on any atom is -0.504 e. The van der Waals surface area contributed by atoms with Crippen molar-refractivity contribution in [3.63, 3.8) is 0 Å². The van der Waals surface area contributed by atoms with Crippen LogP contribution in [0.5, 0.6) is 11.5 Å². The van der Waals surface area contributed by atoms with Gasteiger partial charge in [-0.1, -0.05) is 23.7 Å². The molecule has 0 aliphatic rings. The van der Waals surface area contributed by atoms with Crippen molar-refractivity contribution in [3.05, 3.63) is 53.1 Å². The van der Waals surface area contributed by atoms with Gasteiger partial charge in [-0.15, -0.1) is 0 Å². The summed E-state index contributed by atoms with van der Waals surface area (Å²) in [6, 6.07) is 12.8. The van der Waals surface area contributed by atoms with E-state index in [0.29, 0.717) is 17.3 Å². The van der Waals surface area contributed by atoms with E-state index in [-0.39, 0.29) is 5.75 Å². The molecule has 0 amide bonds. The van der Waals surface area contributed by atoms with Crippen LogP contribution in [0, 0.1) is 0 Å². The Morgan fingerprint density at radius 1 is 1.22 bits per heavy atom. The standard InChI is InChI=1S/C14H14ClNO2/c1-18-14-6-5-12(8-13(14)17)16-9-10-3-2-4-11(15)7-10/h2-8,16-17H,9H2,1H3. The summed E-state index contributed by atoms with van der Waals surface area (Å²) in [6.07, 6.45) is 0. The largest absolute Gasteiger partial charge is 0.504 e. The number of benzene rings is 2. The van der Waals surface area contributed by atoms with Gasteiger partial charge in [-0.3, -0.25) is 0 Å². The number of rotatable bonds is 4. The first-order valence-corrected chi connectivity index (χ1v) is 5.92. The fourth-order valence-corrected chi connectivity index (χ4v) is 1.86. The molecule has 2 rings (SSSR count). The van der Waals surface area contributed by atoms with Gasteiger partial charge in [0.2, 0.25) is 0 Å². The van der Waals surface area contributed by atoms with Gasteiger partial charge in [0.25, 0.3) is 0 Å². The molecule has 0 saturated heterocycles. The van der Waals surface area contributed by atoms with Gasteiger partial charge in [-0.2, -0.15) is 0 Å². The summed E-state index contributed by atoms with van der Waals surface area (Å²) in [5, 5.41) is 13.6. The number of ether oxygens (including phenoxy) is 1. The van der Waals surface area contributed by atoms with E-state index in [4.69, 9.17) is 16.3 Å². The molecule has 2 aromatic rings. The summed E-state index contributed by atoms with van der Waals surface area (Å²) in [6.45, 7) is 0.645. The van der Waals surface area contributed by atoms with Crippen LogP contribution in [0.25, 0.3) is 0 Å². The predicted molar refractivity (Wildman–Crippen MR) is 73.4 cm³/mol. The van der Waals surface area contributed by atoms with Gasteiger partial charge in [-0.05, 0) is 29.8 Å². The molecule has 0 fully saturated rings. The Morgan fingerprint density at radius 3 is 2.72 bits per heavy atom. The number of halogens is 1. The molecule has 2 aromatic carbocycles. The van der Waals surface area contributed by atoms with Gasteiger partial charge in [0.1, 0.15) is 0 Å². The molecule has 0 unspecified atom stereocenters. The zero-order valence-corrected chi connectivity index (χ0v) is 10.7. The first-order valence-electron chi connectivity index (χ1n) is 5.54. The molecule has 0 saturated carbocycles. The molecule has 3 nitrogen and oxygen atoms in total. The van der Waals surface area contributed by atoms with Crippen molar-refractivity contribution < 1.29 is 9.84 Å². The SMILES string of the molecule is COc1ccc(NCc2cccc(Cl)c2)cc1O. The summed E-state index contributed by atoms with van der Waals surface area (Å²) in [7, 11) is 1.52. The molecule has 0 radical (unpaired) electrons. The number of nitrogens with one attached hydrogen (secondary N) is 1. The molecule has 0 atom stereocenters. The number of phenols is 1. The van der Waals surface area contributed by atoms with Crippen LogP contribution < -0.4 is 10.1 Å². The van der Waals surface area contributed by atoms with E-state index in [1.807, 2.05) is 30.3 Å². The van der Waals surface area contributed by atoms with Crippen LogP contribution in [-0.4, -0.2) is 12.2 Å². The van der Waals surface area contributed by atoms with Crippen molar-refractivity contribution in [3.8, 4) is 11.5 Å².